The molecule has 5 nitrogen and oxygen atoms in total. The van der Waals surface area contributed by atoms with Gasteiger partial charge < -0.3 is 9.73 Å². The van der Waals surface area contributed by atoms with E-state index >= 15 is 0 Å². The van der Waals surface area contributed by atoms with Crippen LogP contribution in [0.5, 0.6) is 0 Å². The molecule has 0 unspecified atom stereocenters. The van der Waals surface area contributed by atoms with Gasteiger partial charge in [-0.1, -0.05) is 35.3 Å². The number of hydrogen-bond donors (Lipinski definition) is 2. The summed E-state index contributed by atoms with van der Waals surface area (Å²) in [6, 6.07) is 19.2. The second-order valence-electron chi connectivity index (χ2n) is 6.10. The molecule has 0 bridgehead atoms. The fraction of sp³-hybridized carbons (Fsp3) is 0. The number of oxazole rings is 1. The van der Waals surface area contributed by atoms with E-state index in [2.05, 4.69) is 15.6 Å². The van der Waals surface area contributed by atoms with Gasteiger partial charge in [-0.25, -0.2) is 4.98 Å². The minimum Gasteiger partial charge on any atom is -0.436 e. The third-order valence-corrected chi connectivity index (χ3v) is 4.87. The van der Waals surface area contributed by atoms with E-state index in [-0.39, 0.29) is 11.0 Å². The Hall–Kier alpha value is -2.93. The average Bonchev–Trinajstić information content (AvgIpc) is 3.14. The minimum absolute atomic E-state index is 0.149. The van der Waals surface area contributed by atoms with Gasteiger partial charge in [-0.3, -0.25) is 10.1 Å². The van der Waals surface area contributed by atoms with E-state index in [0.29, 0.717) is 38.3 Å². The number of carbonyl (C=O) groups excluding carboxylic acids is 1. The van der Waals surface area contributed by atoms with Gasteiger partial charge >= 0.3 is 0 Å². The van der Waals surface area contributed by atoms with Crippen LogP contribution in [-0.2, 0) is 0 Å². The van der Waals surface area contributed by atoms with Gasteiger partial charge in [-0.2, -0.15) is 0 Å². The molecule has 0 fully saturated rings. The molecule has 4 aromatic rings. The lowest BCUT2D eigenvalue weighted by molar-refractivity contribution is 0.0977. The largest absolute Gasteiger partial charge is 0.436 e. The number of para-hydroxylation sites is 2. The van der Waals surface area contributed by atoms with E-state index in [1.807, 2.05) is 24.3 Å². The molecule has 0 aliphatic heterocycles. The van der Waals surface area contributed by atoms with Crippen LogP contribution in [-0.4, -0.2) is 16.0 Å². The SMILES string of the molecule is O=C(NC(=S)Nc1ccc(Cl)c(-c2nc3ccccc3o2)c1)c1ccc(Cl)cc1. The van der Waals surface area contributed by atoms with Crippen molar-refractivity contribution in [1.29, 1.82) is 0 Å². The summed E-state index contributed by atoms with van der Waals surface area (Å²) in [4.78, 5) is 16.7. The molecule has 4 rings (SSSR count). The van der Waals surface area contributed by atoms with Gasteiger partial charge in [-0.05, 0) is 66.8 Å². The van der Waals surface area contributed by atoms with Crippen LogP contribution in [0.2, 0.25) is 10.0 Å². The zero-order valence-electron chi connectivity index (χ0n) is 14.8. The van der Waals surface area contributed by atoms with Crippen LogP contribution < -0.4 is 10.6 Å². The molecule has 3 aromatic carbocycles. The summed E-state index contributed by atoms with van der Waals surface area (Å²) in [5.41, 5.74) is 3.10. The van der Waals surface area contributed by atoms with Crippen LogP contribution in [0.1, 0.15) is 10.4 Å². The van der Waals surface area contributed by atoms with Gasteiger partial charge in [-0.15, -0.1) is 0 Å². The van der Waals surface area contributed by atoms with Crippen molar-refractivity contribution >= 4 is 63.2 Å². The molecular weight excluding hydrogens is 429 g/mol. The third-order valence-electron chi connectivity index (χ3n) is 4.08. The predicted molar refractivity (Wildman–Crippen MR) is 120 cm³/mol. The Kier molecular flexibility index (Phi) is 5.49. The highest BCUT2D eigenvalue weighted by Gasteiger charge is 2.13. The topological polar surface area (TPSA) is 67.2 Å². The van der Waals surface area contributed by atoms with E-state index in [1.165, 1.54) is 0 Å². The summed E-state index contributed by atoms with van der Waals surface area (Å²) in [5.74, 6) is 0.0586. The van der Waals surface area contributed by atoms with Gasteiger partial charge in [0, 0.05) is 16.3 Å². The van der Waals surface area contributed by atoms with Crippen LogP contribution >= 0.6 is 35.4 Å². The van der Waals surface area contributed by atoms with Crippen molar-refractivity contribution in [1.82, 2.24) is 10.3 Å². The van der Waals surface area contributed by atoms with E-state index in [4.69, 9.17) is 39.8 Å². The molecule has 2 N–H and O–H groups in total. The first-order valence-corrected chi connectivity index (χ1v) is 9.69. The van der Waals surface area contributed by atoms with Gasteiger partial charge in [0.15, 0.2) is 10.7 Å². The number of hydrogen-bond acceptors (Lipinski definition) is 4. The number of anilines is 1. The first-order chi connectivity index (χ1) is 14.0. The first-order valence-electron chi connectivity index (χ1n) is 8.53. The summed E-state index contributed by atoms with van der Waals surface area (Å²) in [6.45, 7) is 0. The van der Waals surface area contributed by atoms with Crippen molar-refractivity contribution in [2.75, 3.05) is 5.32 Å². The predicted octanol–water partition coefficient (Wildman–Crippen LogP) is 5.93. The average molecular weight is 442 g/mol. The smallest absolute Gasteiger partial charge is 0.257 e. The van der Waals surface area contributed by atoms with Crippen LogP contribution in [0.25, 0.3) is 22.6 Å². The number of benzene rings is 3. The Morgan fingerprint density at radius 1 is 1.00 bits per heavy atom. The second-order valence-corrected chi connectivity index (χ2v) is 7.35. The Balaban J connectivity index is 1.52. The summed E-state index contributed by atoms with van der Waals surface area (Å²) in [6.07, 6.45) is 0. The van der Waals surface area contributed by atoms with Crippen molar-refractivity contribution in [3.05, 3.63) is 82.3 Å². The highest BCUT2D eigenvalue weighted by Crippen LogP contribution is 2.32. The van der Waals surface area contributed by atoms with E-state index in [1.54, 1.807) is 42.5 Å². The molecule has 0 atom stereocenters. The number of nitrogens with one attached hydrogen (secondary N) is 2. The van der Waals surface area contributed by atoms with Crippen molar-refractivity contribution in [2.24, 2.45) is 0 Å². The molecule has 0 spiro atoms. The molecule has 0 aliphatic rings. The lowest BCUT2D eigenvalue weighted by Gasteiger charge is -2.11. The Bertz CT molecular complexity index is 1190. The molecule has 0 saturated carbocycles. The molecule has 1 aromatic heterocycles. The molecule has 1 heterocycles. The lowest BCUT2D eigenvalue weighted by Crippen LogP contribution is -2.34. The van der Waals surface area contributed by atoms with Crippen LogP contribution in [0.4, 0.5) is 5.69 Å². The van der Waals surface area contributed by atoms with Crippen molar-refractivity contribution in [2.45, 2.75) is 0 Å². The fourth-order valence-corrected chi connectivity index (χ4v) is 3.23. The number of aromatic nitrogens is 1. The van der Waals surface area contributed by atoms with Gasteiger partial charge in [0.25, 0.3) is 5.91 Å². The molecule has 0 aliphatic carbocycles. The lowest BCUT2D eigenvalue weighted by atomic mass is 10.2. The Labute approximate surface area is 181 Å². The summed E-state index contributed by atoms with van der Waals surface area (Å²) >= 11 is 17.4. The summed E-state index contributed by atoms with van der Waals surface area (Å²) in [5, 5.41) is 6.78. The number of fused-ring (bicyclic) bond motifs is 1. The third kappa shape index (κ3) is 4.40. The number of carbonyl (C=O) groups is 1. The molecule has 1 amide bonds. The highest BCUT2D eigenvalue weighted by atomic mass is 35.5. The molecule has 8 heteroatoms. The quantitative estimate of drug-likeness (QED) is 0.385. The zero-order valence-corrected chi connectivity index (χ0v) is 17.1. The van der Waals surface area contributed by atoms with E-state index < -0.39 is 0 Å². The summed E-state index contributed by atoms with van der Waals surface area (Å²) < 4.78 is 5.79. The highest BCUT2D eigenvalue weighted by molar-refractivity contribution is 7.80. The van der Waals surface area contributed by atoms with Gasteiger partial charge in [0.1, 0.15) is 5.52 Å². The molecule has 144 valence electrons. The zero-order chi connectivity index (χ0) is 20.4. The normalized spacial score (nSPS) is 10.7. The molecule has 29 heavy (non-hydrogen) atoms. The number of halogens is 2. The Morgan fingerprint density at radius 3 is 2.52 bits per heavy atom. The van der Waals surface area contributed by atoms with Crippen LogP contribution in [0.15, 0.2) is 71.1 Å². The summed E-state index contributed by atoms with van der Waals surface area (Å²) in [7, 11) is 0. The number of rotatable bonds is 3. The molecule has 0 saturated heterocycles. The molecular formula is C21H13Cl2N3O2S. The second kappa shape index (κ2) is 8.21. The van der Waals surface area contributed by atoms with Crippen molar-refractivity contribution in [3.8, 4) is 11.5 Å². The fourth-order valence-electron chi connectivity index (χ4n) is 2.69. The van der Waals surface area contributed by atoms with Crippen LogP contribution in [0, 0.1) is 0 Å². The Morgan fingerprint density at radius 2 is 1.76 bits per heavy atom. The van der Waals surface area contributed by atoms with Crippen molar-refractivity contribution in [3.63, 3.8) is 0 Å². The monoisotopic (exact) mass is 441 g/mol. The van der Waals surface area contributed by atoms with E-state index in [0.717, 1.165) is 5.52 Å². The molecule has 0 radical (unpaired) electrons. The maximum absolute atomic E-state index is 12.3. The first kappa shape index (κ1) is 19.4. The standard InChI is InChI=1S/C21H13Cl2N3O2S/c22-13-7-5-12(6-8-13)19(27)26-21(29)24-14-9-10-16(23)15(11-14)20-25-17-3-1-2-4-18(17)28-20/h1-11H,(H2,24,26,27,29). The number of thiocarbonyl (C=S) groups is 1. The van der Waals surface area contributed by atoms with Crippen molar-refractivity contribution < 1.29 is 9.21 Å². The van der Waals surface area contributed by atoms with Gasteiger partial charge in [0.05, 0.1) is 10.6 Å². The van der Waals surface area contributed by atoms with Gasteiger partial charge in [0.2, 0.25) is 5.89 Å². The maximum atomic E-state index is 12.3. The van der Waals surface area contributed by atoms with Crippen LogP contribution in [0.3, 0.4) is 0 Å². The minimum atomic E-state index is -0.340. The number of amides is 1. The van der Waals surface area contributed by atoms with E-state index in [9.17, 15) is 4.79 Å². The number of nitrogens with zero attached hydrogens (tertiary/aromatic N) is 1. The maximum Gasteiger partial charge on any atom is 0.257 e.